The van der Waals surface area contributed by atoms with E-state index in [1.165, 1.54) is 0 Å². The number of benzene rings is 1. The fourth-order valence-electron chi connectivity index (χ4n) is 1.89. The molecule has 0 fully saturated rings. The van der Waals surface area contributed by atoms with Crippen molar-refractivity contribution in [3.63, 3.8) is 0 Å². The fourth-order valence-corrected chi connectivity index (χ4v) is 1.89. The van der Waals surface area contributed by atoms with Gasteiger partial charge in [-0.3, -0.25) is 4.79 Å². The van der Waals surface area contributed by atoms with Crippen LogP contribution in [0.4, 0.5) is 0 Å². The van der Waals surface area contributed by atoms with Gasteiger partial charge in [0.05, 0.1) is 7.11 Å². The highest BCUT2D eigenvalue weighted by Crippen LogP contribution is 2.19. The third-order valence-electron chi connectivity index (χ3n) is 2.92. The van der Waals surface area contributed by atoms with Gasteiger partial charge in [0.2, 0.25) is 0 Å². The Balaban J connectivity index is 3.01. The van der Waals surface area contributed by atoms with Crippen LogP contribution in [0.1, 0.15) is 29.8 Å². The molecule has 0 aliphatic rings. The highest BCUT2D eigenvalue weighted by molar-refractivity contribution is 5.96. The molecule has 0 aliphatic heterocycles. The molecule has 1 amide bonds. The van der Waals surface area contributed by atoms with Crippen molar-refractivity contribution in [3.05, 3.63) is 29.3 Å². The van der Waals surface area contributed by atoms with Crippen molar-refractivity contribution in [3.8, 4) is 5.75 Å². The van der Waals surface area contributed by atoms with Gasteiger partial charge in [-0.25, -0.2) is 0 Å². The number of carbonyl (C=O) groups excluding carboxylic acids is 1. The lowest BCUT2D eigenvalue weighted by atomic mass is 10.1. The molecule has 0 unspecified atom stereocenters. The zero-order valence-corrected chi connectivity index (χ0v) is 11.6. The number of amides is 1. The largest absolute Gasteiger partial charge is 0.497 e. The predicted octanol–water partition coefficient (Wildman–Crippen LogP) is 1.81. The topological polar surface area (TPSA) is 55.6 Å². The average Bonchev–Trinajstić information content (AvgIpc) is 2.34. The van der Waals surface area contributed by atoms with Gasteiger partial charge < -0.3 is 15.4 Å². The van der Waals surface area contributed by atoms with E-state index >= 15 is 0 Å². The Labute approximate surface area is 109 Å². The summed E-state index contributed by atoms with van der Waals surface area (Å²) in [6, 6.07) is 5.63. The molecule has 100 valence electrons. The van der Waals surface area contributed by atoms with Gasteiger partial charge in [-0.15, -0.1) is 0 Å². The minimum absolute atomic E-state index is 0.0237. The van der Waals surface area contributed by atoms with Gasteiger partial charge >= 0.3 is 0 Å². The molecule has 0 saturated carbocycles. The molecule has 0 atom stereocenters. The second-order valence-electron chi connectivity index (χ2n) is 4.56. The van der Waals surface area contributed by atoms with Crippen molar-refractivity contribution < 1.29 is 9.53 Å². The maximum Gasteiger partial charge on any atom is 0.254 e. The molecule has 4 heteroatoms. The summed E-state index contributed by atoms with van der Waals surface area (Å²) in [6.45, 7) is 6.94. The number of aryl methyl sites for hydroxylation is 1. The first-order valence-electron chi connectivity index (χ1n) is 6.17. The van der Waals surface area contributed by atoms with Crippen LogP contribution in [0.2, 0.25) is 0 Å². The van der Waals surface area contributed by atoms with Gasteiger partial charge in [0, 0.05) is 24.7 Å². The van der Waals surface area contributed by atoms with Crippen LogP contribution in [0.15, 0.2) is 18.2 Å². The standard InChI is InChI=1S/C14H22N2O2/c1-10(2)16(8-7-15)14(17)13-6-5-12(18-4)9-11(13)3/h5-6,9-10H,7-8,15H2,1-4H3. The van der Waals surface area contributed by atoms with E-state index in [1.54, 1.807) is 18.1 Å². The molecule has 0 bridgehead atoms. The first kappa shape index (κ1) is 14.5. The molecule has 1 aromatic rings. The maximum absolute atomic E-state index is 12.4. The summed E-state index contributed by atoms with van der Waals surface area (Å²) in [6.07, 6.45) is 0. The van der Waals surface area contributed by atoms with Crippen LogP contribution in [-0.2, 0) is 0 Å². The summed E-state index contributed by atoms with van der Waals surface area (Å²) in [5.41, 5.74) is 7.18. The van der Waals surface area contributed by atoms with Crippen molar-refractivity contribution >= 4 is 5.91 Å². The lowest BCUT2D eigenvalue weighted by Gasteiger charge is -2.27. The molecular formula is C14H22N2O2. The number of nitrogens with zero attached hydrogens (tertiary/aromatic N) is 1. The van der Waals surface area contributed by atoms with E-state index in [0.717, 1.165) is 11.3 Å². The molecular weight excluding hydrogens is 228 g/mol. The van der Waals surface area contributed by atoms with Crippen LogP contribution in [0.5, 0.6) is 5.75 Å². The normalized spacial score (nSPS) is 10.6. The molecule has 18 heavy (non-hydrogen) atoms. The Morgan fingerprint density at radius 2 is 2.11 bits per heavy atom. The van der Waals surface area contributed by atoms with Gasteiger partial charge in [0.25, 0.3) is 5.91 Å². The minimum Gasteiger partial charge on any atom is -0.497 e. The summed E-state index contributed by atoms with van der Waals surface area (Å²) < 4.78 is 5.14. The van der Waals surface area contributed by atoms with Crippen LogP contribution in [0, 0.1) is 6.92 Å². The van der Waals surface area contributed by atoms with Crippen molar-refractivity contribution in [2.75, 3.05) is 20.2 Å². The monoisotopic (exact) mass is 250 g/mol. The maximum atomic E-state index is 12.4. The molecule has 2 N–H and O–H groups in total. The average molecular weight is 250 g/mol. The van der Waals surface area contributed by atoms with Gasteiger partial charge in [-0.1, -0.05) is 0 Å². The molecule has 0 aromatic heterocycles. The zero-order valence-electron chi connectivity index (χ0n) is 11.6. The van der Waals surface area contributed by atoms with Crippen LogP contribution in [0.3, 0.4) is 0 Å². The molecule has 1 rings (SSSR count). The zero-order chi connectivity index (χ0) is 13.7. The Morgan fingerprint density at radius 1 is 1.44 bits per heavy atom. The highest BCUT2D eigenvalue weighted by Gasteiger charge is 2.19. The van der Waals surface area contributed by atoms with E-state index < -0.39 is 0 Å². The van der Waals surface area contributed by atoms with E-state index in [0.29, 0.717) is 18.7 Å². The summed E-state index contributed by atoms with van der Waals surface area (Å²) in [5.74, 6) is 0.787. The minimum atomic E-state index is 0.0237. The van der Waals surface area contributed by atoms with Gasteiger partial charge in [-0.2, -0.15) is 0 Å². The van der Waals surface area contributed by atoms with E-state index in [2.05, 4.69) is 0 Å². The third kappa shape index (κ3) is 3.23. The number of methoxy groups -OCH3 is 1. The van der Waals surface area contributed by atoms with Crippen LogP contribution < -0.4 is 10.5 Å². The second kappa shape index (κ2) is 6.40. The molecule has 4 nitrogen and oxygen atoms in total. The molecule has 0 spiro atoms. The van der Waals surface area contributed by atoms with Gasteiger partial charge in [0.15, 0.2) is 0 Å². The number of ether oxygens (including phenoxy) is 1. The highest BCUT2D eigenvalue weighted by atomic mass is 16.5. The molecule has 0 saturated heterocycles. The Morgan fingerprint density at radius 3 is 2.56 bits per heavy atom. The van der Waals surface area contributed by atoms with Gasteiger partial charge in [0.1, 0.15) is 5.75 Å². The summed E-state index contributed by atoms with van der Waals surface area (Å²) in [4.78, 5) is 14.2. The van der Waals surface area contributed by atoms with Crippen LogP contribution in [-0.4, -0.2) is 37.0 Å². The molecule has 0 radical (unpaired) electrons. The first-order valence-corrected chi connectivity index (χ1v) is 6.17. The molecule has 1 aromatic carbocycles. The lowest BCUT2D eigenvalue weighted by Crippen LogP contribution is -2.40. The predicted molar refractivity (Wildman–Crippen MR) is 73.0 cm³/mol. The molecule has 0 aliphatic carbocycles. The lowest BCUT2D eigenvalue weighted by molar-refractivity contribution is 0.0711. The van der Waals surface area contributed by atoms with Crippen LogP contribution in [0.25, 0.3) is 0 Å². The van der Waals surface area contributed by atoms with E-state index in [9.17, 15) is 4.79 Å². The third-order valence-corrected chi connectivity index (χ3v) is 2.92. The van der Waals surface area contributed by atoms with Crippen molar-refractivity contribution in [1.29, 1.82) is 0 Å². The number of hydrogen-bond acceptors (Lipinski definition) is 3. The second-order valence-corrected chi connectivity index (χ2v) is 4.56. The van der Waals surface area contributed by atoms with Crippen LogP contribution >= 0.6 is 0 Å². The summed E-state index contributed by atoms with van der Waals surface area (Å²) >= 11 is 0. The van der Waals surface area contributed by atoms with E-state index in [-0.39, 0.29) is 11.9 Å². The summed E-state index contributed by atoms with van der Waals surface area (Å²) in [5, 5.41) is 0. The Bertz CT molecular complexity index is 416. The number of nitrogens with two attached hydrogens (primary N) is 1. The van der Waals surface area contributed by atoms with E-state index in [4.69, 9.17) is 10.5 Å². The molecule has 0 heterocycles. The fraction of sp³-hybridized carbons (Fsp3) is 0.500. The van der Waals surface area contributed by atoms with Gasteiger partial charge in [-0.05, 0) is 44.5 Å². The summed E-state index contributed by atoms with van der Waals surface area (Å²) in [7, 11) is 1.62. The first-order chi connectivity index (χ1) is 8.51. The van der Waals surface area contributed by atoms with E-state index in [1.807, 2.05) is 32.9 Å². The number of carbonyl (C=O) groups is 1. The van der Waals surface area contributed by atoms with Crippen molar-refractivity contribution in [2.24, 2.45) is 5.73 Å². The Hall–Kier alpha value is -1.55. The van der Waals surface area contributed by atoms with Crippen molar-refractivity contribution in [2.45, 2.75) is 26.8 Å². The number of hydrogen-bond donors (Lipinski definition) is 1. The number of rotatable bonds is 5. The van der Waals surface area contributed by atoms with Crippen molar-refractivity contribution in [1.82, 2.24) is 4.90 Å². The smallest absolute Gasteiger partial charge is 0.254 e. The SMILES string of the molecule is COc1ccc(C(=O)N(CCN)C(C)C)c(C)c1. The quantitative estimate of drug-likeness (QED) is 0.867. The Kier molecular flexibility index (Phi) is 5.16.